The van der Waals surface area contributed by atoms with E-state index in [-0.39, 0.29) is 6.54 Å². The summed E-state index contributed by atoms with van der Waals surface area (Å²) in [7, 11) is 0. The van der Waals surface area contributed by atoms with E-state index >= 15 is 0 Å². The summed E-state index contributed by atoms with van der Waals surface area (Å²) in [6, 6.07) is 5.17. The zero-order chi connectivity index (χ0) is 14.5. The highest BCUT2D eigenvalue weighted by atomic mass is 19.1. The van der Waals surface area contributed by atoms with Gasteiger partial charge in [0.25, 0.3) is 0 Å². The number of amides is 2. The molecule has 106 valence electrons. The van der Waals surface area contributed by atoms with E-state index in [4.69, 9.17) is 0 Å². The number of aliphatic hydroxyl groups is 1. The van der Waals surface area contributed by atoms with E-state index in [1.54, 1.807) is 13.0 Å². The minimum atomic E-state index is -0.951. The van der Waals surface area contributed by atoms with Crippen LogP contribution in [0.15, 0.2) is 24.3 Å². The molecule has 1 rings (SSSR count). The summed E-state index contributed by atoms with van der Waals surface area (Å²) in [5.74, 6) is -0.0762. The highest BCUT2D eigenvalue weighted by molar-refractivity contribution is 5.89. The number of rotatable bonds is 5. The molecule has 0 saturated heterocycles. The van der Waals surface area contributed by atoms with Crippen LogP contribution in [0.1, 0.15) is 27.2 Å². The lowest BCUT2D eigenvalue weighted by molar-refractivity contribution is 0.0413. The predicted molar refractivity (Wildman–Crippen MR) is 73.5 cm³/mol. The number of carbonyl (C=O) groups is 1. The minimum Gasteiger partial charge on any atom is -0.388 e. The highest BCUT2D eigenvalue weighted by Gasteiger charge is 2.22. The van der Waals surface area contributed by atoms with E-state index in [0.29, 0.717) is 18.0 Å². The van der Waals surface area contributed by atoms with Gasteiger partial charge in [-0.2, -0.15) is 0 Å². The first-order valence-electron chi connectivity index (χ1n) is 6.31. The maximum atomic E-state index is 12.9. The van der Waals surface area contributed by atoms with Gasteiger partial charge in [-0.3, -0.25) is 0 Å². The largest absolute Gasteiger partial charge is 0.388 e. The van der Waals surface area contributed by atoms with Crippen molar-refractivity contribution in [3.8, 4) is 0 Å². The molecular weight excluding hydrogens is 247 g/mol. The molecule has 0 heterocycles. The minimum absolute atomic E-state index is 0.145. The molecule has 1 aromatic carbocycles. The SMILES string of the molecule is CC(C)CC(C)(O)CNC(=O)Nc1cccc(F)c1. The number of hydrogen-bond acceptors (Lipinski definition) is 2. The second-order valence-corrected chi connectivity index (χ2v) is 5.41. The normalized spacial score (nSPS) is 14.0. The molecule has 0 aliphatic rings. The molecule has 0 spiro atoms. The molecule has 19 heavy (non-hydrogen) atoms. The summed E-state index contributed by atoms with van der Waals surface area (Å²) in [4.78, 5) is 11.6. The van der Waals surface area contributed by atoms with Crippen molar-refractivity contribution in [3.05, 3.63) is 30.1 Å². The summed E-state index contributed by atoms with van der Waals surface area (Å²) >= 11 is 0. The van der Waals surface area contributed by atoms with E-state index in [1.807, 2.05) is 13.8 Å². The Labute approximate surface area is 113 Å². The molecule has 5 heteroatoms. The van der Waals surface area contributed by atoms with Crippen LogP contribution >= 0.6 is 0 Å². The Morgan fingerprint density at radius 3 is 2.74 bits per heavy atom. The molecule has 0 radical (unpaired) electrons. The number of hydrogen-bond donors (Lipinski definition) is 3. The molecule has 1 unspecified atom stereocenters. The molecule has 0 aliphatic carbocycles. The van der Waals surface area contributed by atoms with Crippen molar-refractivity contribution in [3.63, 3.8) is 0 Å². The summed E-state index contributed by atoms with van der Waals surface area (Å²) < 4.78 is 12.9. The highest BCUT2D eigenvalue weighted by Crippen LogP contribution is 2.15. The first-order chi connectivity index (χ1) is 8.78. The zero-order valence-corrected chi connectivity index (χ0v) is 11.5. The molecule has 0 aliphatic heterocycles. The van der Waals surface area contributed by atoms with Gasteiger partial charge in [0.05, 0.1) is 5.60 Å². The maximum Gasteiger partial charge on any atom is 0.319 e. The van der Waals surface area contributed by atoms with Crippen LogP contribution in [0.2, 0.25) is 0 Å². The fraction of sp³-hybridized carbons (Fsp3) is 0.500. The fourth-order valence-electron chi connectivity index (χ4n) is 1.96. The summed E-state index contributed by atoms with van der Waals surface area (Å²) in [6.45, 7) is 5.82. The number of benzene rings is 1. The predicted octanol–water partition coefficient (Wildman–Crippen LogP) is 2.74. The van der Waals surface area contributed by atoms with Crippen molar-refractivity contribution in [2.45, 2.75) is 32.8 Å². The quantitative estimate of drug-likeness (QED) is 0.769. The van der Waals surface area contributed by atoms with Crippen molar-refractivity contribution >= 4 is 11.7 Å². The van der Waals surface area contributed by atoms with Crippen molar-refractivity contribution in [2.75, 3.05) is 11.9 Å². The van der Waals surface area contributed by atoms with E-state index in [0.717, 1.165) is 0 Å². The molecule has 2 amide bonds. The van der Waals surface area contributed by atoms with Crippen LogP contribution < -0.4 is 10.6 Å². The van der Waals surface area contributed by atoms with Crippen LogP contribution in [-0.4, -0.2) is 23.3 Å². The van der Waals surface area contributed by atoms with Gasteiger partial charge >= 0.3 is 6.03 Å². The Morgan fingerprint density at radius 1 is 1.47 bits per heavy atom. The monoisotopic (exact) mass is 268 g/mol. The lowest BCUT2D eigenvalue weighted by Crippen LogP contribution is -2.43. The van der Waals surface area contributed by atoms with Crippen LogP contribution in [-0.2, 0) is 0 Å². The van der Waals surface area contributed by atoms with Gasteiger partial charge in [-0.15, -0.1) is 0 Å². The fourth-order valence-corrected chi connectivity index (χ4v) is 1.96. The maximum absolute atomic E-state index is 12.9. The van der Waals surface area contributed by atoms with Crippen LogP contribution in [0.4, 0.5) is 14.9 Å². The van der Waals surface area contributed by atoms with Crippen LogP contribution in [0.25, 0.3) is 0 Å². The Morgan fingerprint density at radius 2 is 2.16 bits per heavy atom. The van der Waals surface area contributed by atoms with E-state index < -0.39 is 17.4 Å². The van der Waals surface area contributed by atoms with Gasteiger partial charge in [-0.05, 0) is 37.5 Å². The van der Waals surface area contributed by atoms with Gasteiger partial charge in [-0.1, -0.05) is 19.9 Å². The first-order valence-corrected chi connectivity index (χ1v) is 6.31. The van der Waals surface area contributed by atoms with Crippen molar-refractivity contribution in [2.24, 2.45) is 5.92 Å². The standard InChI is InChI=1S/C14H21FN2O2/c1-10(2)8-14(3,19)9-16-13(18)17-12-6-4-5-11(15)7-12/h4-7,10,19H,8-9H2,1-3H3,(H2,16,17,18). The van der Waals surface area contributed by atoms with E-state index in [1.165, 1.54) is 18.2 Å². The smallest absolute Gasteiger partial charge is 0.319 e. The summed E-state index contributed by atoms with van der Waals surface area (Å²) in [6.07, 6.45) is 0.591. The van der Waals surface area contributed by atoms with Gasteiger partial charge in [0.2, 0.25) is 0 Å². The number of nitrogens with one attached hydrogen (secondary N) is 2. The Kier molecular flexibility index (Phi) is 5.30. The molecule has 1 aromatic rings. The van der Waals surface area contributed by atoms with Crippen molar-refractivity contribution < 1.29 is 14.3 Å². The Bertz CT molecular complexity index is 433. The number of halogens is 1. The topological polar surface area (TPSA) is 61.4 Å². The van der Waals surface area contributed by atoms with Crippen molar-refractivity contribution in [1.82, 2.24) is 5.32 Å². The van der Waals surface area contributed by atoms with E-state index in [2.05, 4.69) is 10.6 Å². The van der Waals surface area contributed by atoms with Gasteiger partial charge in [0, 0.05) is 12.2 Å². The molecule has 0 saturated carbocycles. The van der Waals surface area contributed by atoms with Gasteiger partial charge in [0.15, 0.2) is 0 Å². The second-order valence-electron chi connectivity index (χ2n) is 5.41. The van der Waals surface area contributed by atoms with E-state index in [9.17, 15) is 14.3 Å². The molecule has 0 aromatic heterocycles. The summed E-state index contributed by atoms with van der Waals surface area (Å²) in [5, 5.41) is 15.1. The molecule has 0 fully saturated rings. The van der Waals surface area contributed by atoms with Gasteiger partial charge in [-0.25, -0.2) is 9.18 Å². The first kappa shape index (κ1) is 15.4. The average Bonchev–Trinajstić information content (AvgIpc) is 2.25. The Hall–Kier alpha value is -1.62. The van der Waals surface area contributed by atoms with Crippen molar-refractivity contribution in [1.29, 1.82) is 0 Å². The zero-order valence-electron chi connectivity index (χ0n) is 11.5. The molecule has 1 atom stereocenters. The number of carbonyl (C=O) groups excluding carboxylic acids is 1. The van der Waals surface area contributed by atoms with Crippen LogP contribution in [0.3, 0.4) is 0 Å². The van der Waals surface area contributed by atoms with Gasteiger partial charge in [0.1, 0.15) is 5.82 Å². The number of anilines is 1. The summed E-state index contributed by atoms with van der Waals surface area (Å²) in [5.41, 5.74) is -0.575. The molecule has 3 N–H and O–H groups in total. The molecule has 0 bridgehead atoms. The third-order valence-corrected chi connectivity index (χ3v) is 2.56. The number of urea groups is 1. The third-order valence-electron chi connectivity index (χ3n) is 2.56. The molecular formula is C14H21FN2O2. The van der Waals surface area contributed by atoms with Crippen LogP contribution in [0, 0.1) is 11.7 Å². The Balaban J connectivity index is 2.44. The lowest BCUT2D eigenvalue weighted by atomic mass is 9.94. The lowest BCUT2D eigenvalue weighted by Gasteiger charge is -2.25. The third kappa shape index (κ3) is 6.20. The average molecular weight is 268 g/mol. The second kappa shape index (κ2) is 6.52. The van der Waals surface area contributed by atoms with Gasteiger partial charge < -0.3 is 15.7 Å². The van der Waals surface area contributed by atoms with Crippen LogP contribution in [0.5, 0.6) is 0 Å². The molecule has 4 nitrogen and oxygen atoms in total.